The lowest BCUT2D eigenvalue weighted by molar-refractivity contribution is 0.373. The summed E-state index contributed by atoms with van der Waals surface area (Å²) >= 11 is 0. The van der Waals surface area contributed by atoms with Gasteiger partial charge in [-0.3, -0.25) is 4.98 Å². The van der Waals surface area contributed by atoms with Gasteiger partial charge in [0, 0.05) is 5.56 Å². The zero-order valence-corrected chi connectivity index (χ0v) is 14.3. The standard InChI is InChI=1S/C20H21N3O2/c1-3-16(14-7-5-4-6-8-14)22-20-13-21-12-17(23-20)15-9-10-18(24)19(11-15)25-2/h4-13,16,24H,3H2,1-2H3,(H,22,23)/t16-/m0/s1. The second-order valence-electron chi connectivity index (χ2n) is 5.69. The number of nitrogens with zero attached hydrogens (tertiary/aromatic N) is 2. The van der Waals surface area contributed by atoms with Crippen LogP contribution in [0.1, 0.15) is 24.9 Å². The summed E-state index contributed by atoms with van der Waals surface area (Å²) in [4.78, 5) is 8.94. The Balaban J connectivity index is 1.86. The molecule has 128 valence electrons. The van der Waals surface area contributed by atoms with Gasteiger partial charge in [0.05, 0.1) is 31.2 Å². The molecule has 0 bridgehead atoms. The summed E-state index contributed by atoms with van der Waals surface area (Å²) in [5.41, 5.74) is 2.76. The number of hydrogen-bond donors (Lipinski definition) is 2. The Morgan fingerprint density at radius 2 is 1.92 bits per heavy atom. The van der Waals surface area contributed by atoms with Gasteiger partial charge in [-0.05, 0) is 30.2 Å². The highest BCUT2D eigenvalue weighted by atomic mass is 16.5. The summed E-state index contributed by atoms with van der Waals surface area (Å²) in [5.74, 6) is 1.22. The fourth-order valence-corrected chi connectivity index (χ4v) is 2.70. The van der Waals surface area contributed by atoms with E-state index in [-0.39, 0.29) is 11.8 Å². The summed E-state index contributed by atoms with van der Waals surface area (Å²) in [5, 5.41) is 13.2. The third-order valence-corrected chi connectivity index (χ3v) is 4.04. The molecule has 2 aromatic carbocycles. The highest BCUT2D eigenvalue weighted by Gasteiger charge is 2.11. The first-order valence-electron chi connectivity index (χ1n) is 8.22. The highest BCUT2D eigenvalue weighted by Crippen LogP contribution is 2.31. The lowest BCUT2D eigenvalue weighted by Gasteiger charge is -2.18. The molecule has 3 aromatic rings. The second-order valence-corrected chi connectivity index (χ2v) is 5.69. The Labute approximate surface area is 147 Å². The summed E-state index contributed by atoms with van der Waals surface area (Å²) < 4.78 is 5.16. The zero-order valence-electron chi connectivity index (χ0n) is 14.3. The van der Waals surface area contributed by atoms with Gasteiger partial charge in [-0.25, -0.2) is 4.98 Å². The minimum atomic E-state index is 0.101. The van der Waals surface area contributed by atoms with Gasteiger partial charge < -0.3 is 15.2 Å². The number of rotatable bonds is 6. The maximum absolute atomic E-state index is 9.74. The van der Waals surface area contributed by atoms with Crippen LogP contribution in [0.5, 0.6) is 11.5 Å². The number of aromatic nitrogens is 2. The van der Waals surface area contributed by atoms with E-state index >= 15 is 0 Å². The minimum Gasteiger partial charge on any atom is -0.504 e. The van der Waals surface area contributed by atoms with Crippen molar-refractivity contribution < 1.29 is 9.84 Å². The van der Waals surface area contributed by atoms with Crippen molar-refractivity contribution in [3.63, 3.8) is 0 Å². The van der Waals surface area contributed by atoms with Gasteiger partial charge in [0.15, 0.2) is 11.5 Å². The molecule has 0 aliphatic carbocycles. The number of anilines is 1. The molecule has 0 saturated heterocycles. The first kappa shape index (κ1) is 16.8. The number of hydrogen-bond acceptors (Lipinski definition) is 5. The molecule has 25 heavy (non-hydrogen) atoms. The summed E-state index contributed by atoms with van der Waals surface area (Å²) in [6.07, 6.45) is 4.34. The lowest BCUT2D eigenvalue weighted by atomic mass is 10.0. The Morgan fingerprint density at radius 1 is 1.12 bits per heavy atom. The quantitative estimate of drug-likeness (QED) is 0.698. The predicted molar refractivity (Wildman–Crippen MR) is 98.8 cm³/mol. The van der Waals surface area contributed by atoms with Crippen LogP contribution in [0, 0.1) is 0 Å². The number of ether oxygens (including phenoxy) is 1. The van der Waals surface area contributed by atoms with Crippen LogP contribution in [0.3, 0.4) is 0 Å². The van der Waals surface area contributed by atoms with Crippen molar-refractivity contribution in [1.82, 2.24) is 9.97 Å². The molecular weight excluding hydrogens is 314 g/mol. The molecular formula is C20H21N3O2. The molecule has 0 unspecified atom stereocenters. The largest absolute Gasteiger partial charge is 0.504 e. The van der Waals surface area contributed by atoms with E-state index in [0.29, 0.717) is 17.3 Å². The van der Waals surface area contributed by atoms with Crippen LogP contribution >= 0.6 is 0 Å². The number of phenolic OH excluding ortho intramolecular Hbond substituents is 1. The number of phenols is 1. The molecule has 5 nitrogen and oxygen atoms in total. The van der Waals surface area contributed by atoms with Crippen LogP contribution in [-0.2, 0) is 0 Å². The minimum absolute atomic E-state index is 0.101. The Hall–Kier alpha value is -3.08. The van der Waals surface area contributed by atoms with E-state index in [2.05, 4.69) is 34.3 Å². The number of methoxy groups -OCH3 is 1. The van der Waals surface area contributed by atoms with E-state index < -0.39 is 0 Å². The normalized spacial score (nSPS) is 11.8. The lowest BCUT2D eigenvalue weighted by Crippen LogP contribution is -2.11. The molecule has 0 radical (unpaired) electrons. The van der Waals surface area contributed by atoms with Crippen molar-refractivity contribution in [2.75, 3.05) is 12.4 Å². The van der Waals surface area contributed by atoms with Crippen LogP contribution in [0.4, 0.5) is 5.82 Å². The van der Waals surface area contributed by atoms with E-state index in [9.17, 15) is 5.11 Å². The smallest absolute Gasteiger partial charge is 0.161 e. The fraction of sp³-hybridized carbons (Fsp3) is 0.200. The van der Waals surface area contributed by atoms with Gasteiger partial charge >= 0.3 is 0 Å². The molecule has 0 fully saturated rings. The Bertz CT molecular complexity index is 837. The molecule has 1 atom stereocenters. The van der Waals surface area contributed by atoms with Crippen LogP contribution in [0.15, 0.2) is 60.9 Å². The average molecular weight is 335 g/mol. The predicted octanol–water partition coefficient (Wildman–Crippen LogP) is 4.42. The Morgan fingerprint density at radius 3 is 2.64 bits per heavy atom. The van der Waals surface area contributed by atoms with E-state index in [0.717, 1.165) is 12.0 Å². The van der Waals surface area contributed by atoms with Crippen molar-refractivity contribution in [2.24, 2.45) is 0 Å². The summed E-state index contributed by atoms with van der Waals surface area (Å²) in [6, 6.07) is 15.6. The second kappa shape index (κ2) is 7.66. The SMILES string of the molecule is CC[C@H](Nc1cncc(-c2ccc(O)c(OC)c2)n1)c1ccccc1. The molecule has 3 rings (SSSR count). The maximum Gasteiger partial charge on any atom is 0.161 e. The van der Waals surface area contributed by atoms with Crippen molar-refractivity contribution in [3.8, 4) is 22.8 Å². The third-order valence-electron chi connectivity index (χ3n) is 4.04. The monoisotopic (exact) mass is 335 g/mol. The van der Waals surface area contributed by atoms with Gasteiger partial charge in [0.2, 0.25) is 0 Å². The van der Waals surface area contributed by atoms with Crippen molar-refractivity contribution in [1.29, 1.82) is 0 Å². The molecule has 1 aromatic heterocycles. The average Bonchev–Trinajstić information content (AvgIpc) is 2.67. The van der Waals surface area contributed by atoms with Gasteiger partial charge in [-0.2, -0.15) is 0 Å². The first-order valence-corrected chi connectivity index (χ1v) is 8.22. The number of aromatic hydroxyl groups is 1. The van der Waals surface area contributed by atoms with E-state index in [1.165, 1.54) is 12.7 Å². The fourth-order valence-electron chi connectivity index (χ4n) is 2.70. The van der Waals surface area contributed by atoms with Gasteiger partial charge in [-0.15, -0.1) is 0 Å². The van der Waals surface area contributed by atoms with Crippen LogP contribution in [0.2, 0.25) is 0 Å². The molecule has 0 spiro atoms. The van der Waals surface area contributed by atoms with Crippen molar-refractivity contribution in [3.05, 3.63) is 66.5 Å². The zero-order chi connectivity index (χ0) is 17.6. The Kier molecular flexibility index (Phi) is 5.14. The van der Waals surface area contributed by atoms with E-state index in [1.807, 2.05) is 18.2 Å². The van der Waals surface area contributed by atoms with Crippen LogP contribution in [-0.4, -0.2) is 22.2 Å². The molecule has 0 aliphatic heterocycles. The molecule has 0 aliphatic rings. The first-order chi connectivity index (χ1) is 12.2. The van der Waals surface area contributed by atoms with E-state index in [1.54, 1.807) is 30.6 Å². The molecule has 1 heterocycles. The van der Waals surface area contributed by atoms with Crippen molar-refractivity contribution in [2.45, 2.75) is 19.4 Å². The van der Waals surface area contributed by atoms with Crippen molar-refractivity contribution >= 4 is 5.82 Å². The molecule has 0 saturated carbocycles. The van der Waals surface area contributed by atoms with E-state index in [4.69, 9.17) is 4.74 Å². The van der Waals surface area contributed by atoms with Gasteiger partial charge in [0.25, 0.3) is 0 Å². The van der Waals surface area contributed by atoms with Crippen LogP contribution < -0.4 is 10.1 Å². The number of benzene rings is 2. The molecule has 0 amide bonds. The summed E-state index contributed by atoms with van der Waals surface area (Å²) in [7, 11) is 1.52. The topological polar surface area (TPSA) is 67.3 Å². The maximum atomic E-state index is 9.74. The molecule has 2 N–H and O–H groups in total. The summed E-state index contributed by atoms with van der Waals surface area (Å²) in [6.45, 7) is 2.13. The van der Waals surface area contributed by atoms with Crippen LogP contribution in [0.25, 0.3) is 11.3 Å². The van der Waals surface area contributed by atoms with Gasteiger partial charge in [-0.1, -0.05) is 37.3 Å². The molecule has 5 heteroatoms. The van der Waals surface area contributed by atoms with Gasteiger partial charge in [0.1, 0.15) is 5.82 Å². The number of nitrogens with one attached hydrogen (secondary N) is 1. The third kappa shape index (κ3) is 3.88. The highest BCUT2D eigenvalue weighted by molar-refractivity contribution is 5.64.